The Kier molecular flexibility index (Phi) is 5.30. The molecule has 1 heterocycles. The standard InChI is InChI=1S/C14H10Cl3N3O3/c1-6(7-2-4-8(21)5-3-7)19-20-11-9(15)12(14(22)23)18-13(17)10(11)16/h2-5,21H,1H3,(H,18,20)(H,22,23)/b19-6+. The average molecular weight is 375 g/mol. The lowest BCUT2D eigenvalue weighted by Gasteiger charge is -2.10. The van der Waals surface area contributed by atoms with Gasteiger partial charge < -0.3 is 10.2 Å². The smallest absolute Gasteiger partial charge is 0.356 e. The number of aromatic nitrogens is 1. The average Bonchev–Trinajstić information content (AvgIpc) is 2.51. The first-order valence-electron chi connectivity index (χ1n) is 6.18. The normalized spacial score (nSPS) is 11.4. The van der Waals surface area contributed by atoms with Gasteiger partial charge in [-0.25, -0.2) is 9.78 Å². The number of benzene rings is 1. The molecule has 23 heavy (non-hydrogen) atoms. The fraction of sp³-hybridized carbons (Fsp3) is 0.0714. The maximum atomic E-state index is 11.1. The Balaban J connectivity index is 2.38. The van der Waals surface area contributed by atoms with Gasteiger partial charge in [-0.3, -0.25) is 5.43 Å². The minimum absolute atomic E-state index is 0.0380. The molecule has 2 aromatic rings. The van der Waals surface area contributed by atoms with Gasteiger partial charge in [-0.05, 0) is 36.8 Å². The first-order valence-corrected chi connectivity index (χ1v) is 7.32. The van der Waals surface area contributed by atoms with E-state index in [2.05, 4.69) is 15.5 Å². The van der Waals surface area contributed by atoms with E-state index in [9.17, 15) is 9.90 Å². The van der Waals surface area contributed by atoms with Crippen molar-refractivity contribution in [3.63, 3.8) is 0 Å². The van der Waals surface area contributed by atoms with Gasteiger partial charge in [0.25, 0.3) is 0 Å². The number of pyridine rings is 1. The number of halogens is 3. The van der Waals surface area contributed by atoms with Crippen LogP contribution in [-0.2, 0) is 0 Å². The Morgan fingerprint density at radius 2 is 1.78 bits per heavy atom. The first kappa shape index (κ1) is 17.3. The van der Waals surface area contributed by atoms with Crippen LogP contribution < -0.4 is 5.43 Å². The van der Waals surface area contributed by atoms with Crippen LogP contribution in [0.15, 0.2) is 29.4 Å². The third-order valence-corrected chi connectivity index (χ3v) is 3.97. The summed E-state index contributed by atoms with van der Waals surface area (Å²) in [6.45, 7) is 1.71. The number of anilines is 1. The number of phenols is 1. The van der Waals surface area contributed by atoms with E-state index in [4.69, 9.17) is 39.9 Å². The lowest BCUT2D eigenvalue weighted by Crippen LogP contribution is -2.06. The predicted molar refractivity (Wildman–Crippen MR) is 90.2 cm³/mol. The predicted octanol–water partition coefficient (Wildman–Crippen LogP) is 4.28. The van der Waals surface area contributed by atoms with E-state index in [1.165, 1.54) is 12.1 Å². The van der Waals surface area contributed by atoms with Crippen LogP contribution >= 0.6 is 34.8 Å². The zero-order valence-corrected chi connectivity index (χ0v) is 13.9. The van der Waals surface area contributed by atoms with Crippen molar-refractivity contribution >= 4 is 52.2 Å². The molecule has 120 valence electrons. The van der Waals surface area contributed by atoms with Gasteiger partial charge in [0.1, 0.15) is 15.8 Å². The fourth-order valence-electron chi connectivity index (χ4n) is 1.66. The number of carboxylic acids is 1. The molecular formula is C14H10Cl3N3O3. The molecular weight excluding hydrogens is 365 g/mol. The molecule has 0 aliphatic rings. The third kappa shape index (κ3) is 3.85. The van der Waals surface area contributed by atoms with Crippen LogP contribution in [0.1, 0.15) is 23.0 Å². The highest BCUT2D eigenvalue weighted by Crippen LogP contribution is 2.36. The van der Waals surface area contributed by atoms with Crippen LogP contribution in [-0.4, -0.2) is 26.9 Å². The third-order valence-electron chi connectivity index (χ3n) is 2.86. The quantitative estimate of drug-likeness (QED) is 0.422. The van der Waals surface area contributed by atoms with Crippen LogP contribution in [0.25, 0.3) is 0 Å². The van der Waals surface area contributed by atoms with Crippen LogP contribution in [0.3, 0.4) is 0 Å². The van der Waals surface area contributed by atoms with Crippen molar-refractivity contribution in [1.29, 1.82) is 0 Å². The summed E-state index contributed by atoms with van der Waals surface area (Å²) in [6, 6.07) is 6.36. The number of carbonyl (C=O) groups is 1. The fourth-order valence-corrected chi connectivity index (χ4v) is 2.33. The summed E-state index contributed by atoms with van der Waals surface area (Å²) in [5, 5.41) is 22.0. The highest BCUT2D eigenvalue weighted by atomic mass is 35.5. The van der Waals surface area contributed by atoms with Gasteiger partial charge in [0.05, 0.1) is 11.4 Å². The largest absolute Gasteiger partial charge is 0.508 e. The minimum Gasteiger partial charge on any atom is -0.508 e. The van der Waals surface area contributed by atoms with Crippen LogP contribution in [0.4, 0.5) is 5.69 Å². The number of hydrazone groups is 1. The van der Waals surface area contributed by atoms with E-state index in [1.54, 1.807) is 19.1 Å². The number of carboxylic acid groups (broad SMARTS) is 1. The van der Waals surface area contributed by atoms with Crippen molar-refractivity contribution in [2.24, 2.45) is 5.10 Å². The topological polar surface area (TPSA) is 94.8 Å². The second kappa shape index (κ2) is 7.04. The lowest BCUT2D eigenvalue weighted by molar-refractivity contribution is 0.0691. The molecule has 0 atom stereocenters. The molecule has 0 amide bonds. The number of nitrogens with one attached hydrogen (secondary N) is 1. The molecule has 0 saturated heterocycles. The van der Waals surface area contributed by atoms with Gasteiger partial charge in [0.15, 0.2) is 10.8 Å². The highest BCUT2D eigenvalue weighted by molar-refractivity contribution is 6.46. The number of hydrogen-bond donors (Lipinski definition) is 3. The molecule has 0 aliphatic carbocycles. The van der Waals surface area contributed by atoms with Crippen LogP contribution in [0, 0.1) is 0 Å². The lowest BCUT2D eigenvalue weighted by atomic mass is 10.1. The molecule has 2 rings (SSSR count). The Bertz CT molecular complexity index is 792. The molecule has 6 nitrogen and oxygen atoms in total. The molecule has 0 bridgehead atoms. The molecule has 3 N–H and O–H groups in total. The van der Waals surface area contributed by atoms with Gasteiger partial charge in [0, 0.05) is 0 Å². The summed E-state index contributed by atoms with van der Waals surface area (Å²) in [6.07, 6.45) is 0. The van der Waals surface area contributed by atoms with Gasteiger partial charge >= 0.3 is 5.97 Å². The number of phenolic OH excluding ortho intramolecular Hbond substituents is 1. The summed E-state index contributed by atoms with van der Waals surface area (Å²) in [5.41, 5.74) is 3.51. The van der Waals surface area contributed by atoms with Crippen LogP contribution in [0.5, 0.6) is 5.75 Å². The summed E-state index contributed by atoms with van der Waals surface area (Å²) >= 11 is 17.8. The van der Waals surface area contributed by atoms with Gasteiger partial charge in [-0.1, -0.05) is 34.8 Å². The van der Waals surface area contributed by atoms with Crippen molar-refractivity contribution in [1.82, 2.24) is 4.98 Å². The number of rotatable bonds is 4. The Labute approximate surface area is 146 Å². The van der Waals surface area contributed by atoms with Crippen molar-refractivity contribution in [2.75, 3.05) is 5.43 Å². The molecule has 0 unspecified atom stereocenters. The summed E-state index contributed by atoms with van der Waals surface area (Å²) in [4.78, 5) is 14.7. The van der Waals surface area contributed by atoms with Crippen LogP contribution in [0.2, 0.25) is 15.2 Å². The molecule has 0 fully saturated rings. The Hall–Kier alpha value is -2.02. The monoisotopic (exact) mass is 373 g/mol. The summed E-state index contributed by atoms with van der Waals surface area (Å²) < 4.78 is 0. The minimum atomic E-state index is -1.34. The van der Waals surface area contributed by atoms with Crippen molar-refractivity contribution in [3.05, 3.63) is 50.7 Å². The molecule has 0 radical (unpaired) electrons. The van der Waals surface area contributed by atoms with Crippen molar-refractivity contribution in [2.45, 2.75) is 6.92 Å². The number of nitrogens with zero attached hydrogens (tertiary/aromatic N) is 2. The second-order valence-electron chi connectivity index (χ2n) is 4.42. The molecule has 0 saturated carbocycles. The molecule has 9 heteroatoms. The maximum absolute atomic E-state index is 11.1. The summed E-state index contributed by atoms with van der Waals surface area (Å²) in [5.74, 6) is -1.21. The van der Waals surface area contributed by atoms with E-state index in [0.29, 0.717) is 5.71 Å². The van der Waals surface area contributed by atoms with Gasteiger partial charge in [-0.15, -0.1) is 0 Å². The number of aromatic hydroxyl groups is 1. The second-order valence-corrected chi connectivity index (χ2v) is 5.53. The number of hydrogen-bond acceptors (Lipinski definition) is 5. The van der Waals surface area contributed by atoms with Crippen molar-refractivity contribution in [3.8, 4) is 5.75 Å². The van der Waals surface area contributed by atoms with Gasteiger partial charge in [0.2, 0.25) is 0 Å². The van der Waals surface area contributed by atoms with E-state index in [1.807, 2.05) is 0 Å². The SMILES string of the molecule is C/C(=N\Nc1c(Cl)c(Cl)nc(C(=O)O)c1Cl)c1ccc(O)cc1. The zero-order valence-electron chi connectivity index (χ0n) is 11.6. The maximum Gasteiger partial charge on any atom is 0.356 e. The van der Waals surface area contributed by atoms with E-state index < -0.39 is 11.7 Å². The van der Waals surface area contributed by atoms with Crippen molar-refractivity contribution < 1.29 is 15.0 Å². The van der Waals surface area contributed by atoms with Gasteiger partial charge in [-0.2, -0.15) is 5.10 Å². The molecule has 1 aromatic carbocycles. The first-order chi connectivity index (χ1) is 10.8. The Morgan fingerprint density at radius 1 is 1.17 bits per heavy atom. The van der Waals surface area contributed by atoms with E-state index in [0.717, 1.165) is 5.56 Å². The molecule has 1 aromatic heterocycles. The summed E-state index contributed by atoms with van der Waals surface area (Å²) in [7, 11) is 0. The number of aromatic carboxylic acids is 1. The molecule has 0 aliphatic heterocycles. The van der Waals surface area contributed by atoms with E-state index >= 15 is 0 Å². The molecule has 0 spiro atoms. The Morgan fingerprint density at radius 3 is 2.35 bits per heavy atom. The van der Waals surface area contributed by atoms with E-state index in [-0.39, 0.29) is 26.6 Å². The zero-order chi connectivity index (χ0) is 17.1. The highest BCUT2D eigenvalue weighted by Gasteiger charge is 2.20.